The Morgan fingerprint density at radius 3 is 2.63 bits per heavy atom. The Morgan fingerprint density at radius 1 is 1.03 bits per heavy atom. The molecule has 3 N–H and O–H groups in total. The Balaban J connectivity index is 1.23. The van der Waals surface area contributed by atoms with E-state index in [2.05, 4.69) is 21.7 Å². The predicted molar refractivity (Wildman–Crippen MR) is 114 cm³/mol. The quantitative estimate of drug-likeness (QED) is 0.504. The Morgan fingerprint density at radius 2 is 1.80 bits per heavy atom. The molecule has 3 aromatic rings. The number of imide groups is 1. The summed E-state index contributed by atoms with van der Waals surface area (Å²) in [7, 11) is 0. The minimum atomic E-state index is -0.652. The molecule has 1 aliphatic heterocycles. The van der Waals surface area contributed by atoms with E-state index in [4.69, 9.17) is 0 Å². The van der Waals surface area contributed by atoms with Crippen LogP contribution in [0.4, 0.5) is 4.79 Å². The molecule has 2 heterocycles. The summed E-state index contributed by atoms with van der Waals surface area (Å²) in [6.45, 7) is 0.755. The van der Waals surface area contributed by atoms with E-state index >= 15 is 0 Å². The lowest BCUT2D eigenvalue weighted by Crippen LogP contribution is -2.33. The number of benzene rings is 2. The van der Waals surface area contributed by atoms with Crippen LogP contribution in [-0.4, -0.2) is 40.3 Å². The topological polar surface area (TPSA) is 94.3 Å². The summed E-state index contributed by atoms with van der Waals surface area (Å²) < 4.78 is 0. The van der Waals surface area contributed by atoms with Crippen LogP contribution in [0.25, 0.3) is 10.9 Å². The first kappa shape index (κ1) is 19.7. The number of aromatic amines is 1. The normalized spacial score (nSPS) is 16.1. The summed E-state index contributed by atoms with van der Waals surface area (Å²) in [5.41, 5.74) is 3.12. The second-order valence-electron chi connectivity index (χ2n) is 7.41. The molecule has 154 valence electrons. The number of nitrogens with one attached hydrogen (secondary N) is 3. The molecule has 0 bridgehead atoms. The number of amides is 4. The van der Waals surface area contributed by atoms with Crippen LogP contribution < -0.4 is 10.6 Å². The average Bonchev–Trinajstić information content (AvgIpc) is 3.29. The lowest BCUT2D eigenvalue weighted by Gasteiger charge is -2.13. The van der Waals surface area contributed by atoms with Gasteiger partial charge in [0.1, 0.15) is 6.04 Å². The van der Waals surface area contributed by atoms with Crippen molar-refractivity contribution in [3.63, 3.8) is 0 Å². The number of urea groups is 1. The number of hydrogen-bond acceptors (Lipinski definition) is 3. The van der Waals surface area contributed by atoms with E-state index in [0.29, 0.717) is 6.54 Å². The maximum atomic E-state index is 12.5. The molecular formula is C23H24N4O3. The molecule has 7 nitrogen and oxygen atoms in total. The summed E-state index contributed by atoms with van der Waals surface area (Å²) in [6, 6.07) is 16.3. The number of rotatable bonds is 8. The third-order valence-electron chi connectivity index (χ3n) is 5.34. The van der Waals surface area contributed by atoms with Gasteiger partial charge in [-0.3, -0.25) is 14.5 Å². The minimum Gasteiger partial charge on any atom is -0.361 e. The highest BCUT2D eigenvalue weighted by Crippen LogP contribution is 2.18. The van der Waals surface area contributed by atoms with Gasteiger partial charge in [0.05, 0.1) is 6.54 Å². The van der Waals surface area contributed by atoms with Gasteiger partial charge in [-0.1, -0.05) is 48.5 Å². The zero-order valence-electron chi connectivity index (χ0n) is 16.6. The third kappa shape index (κ3) is 4.35. The van der Waals surface area contributed by atoms with Crippen molar-refractivity contribution in [2.24, 2.45) is 0 Å². The molecule has 4 rings (SSSR count). The standard InChI is InChI=1S/C23H24N4O3/c28-21(24-13-12-17-14-25-19-9-5-4-8-18(17)19)11-10-20-22(29)27(23(30)26-20)15-16-6-2-1-3-7-16/h1-9,14,20,25H,10-13,15H2,(H,24,28)(H,26,30). The largest absolute Gasteiger partial charge is 0.361 e. The van der Waals surface area contributed by atoms with Crippen LogP contribution in [0.3, 0.4) is 0 Å². The van der Waals surface area contributed by atoms with Gasteiger partial charge in [0.2, 0.25) is 5.91 Å². The highest BCUT2D eigenvalue weighted by molar-refractivity contribution is 6.04. The summed E-state index contributed by atoms with van der Waals surface area (Å²) in [4.78, 5) is 41.3. The van der Waals surface area contributed by atoms with E-state index in [0.717, 1.165) is 28.5 Å². The lowest BCUT2D eigenvalue weighted by molar-refractivity contribution is -0.128. The van der Waals surface area contributed by atoms with Crippen molar-refractivity contribution in [2.75, 3.05) is 6.54 Å². The van der Waals surface area contributed by atoms with Gasteiger partial charge in [0.15, 0.2) is 0 Å². The molecule has 2 aromatic carbocycles. The Labute approximate surface area is 174 Å². The average molecular weight is 404 g/mol. The molecule has 4 amide bonds. The van der Waals surface area contributed by atoms with Gasteiger partial charge in [-0.05, 0) is 30.0 Å². The maximum Gasteiger partial charge on any atom is 0.325 e. The van der Waals surface area contributed by atoms with Gasteiger partial charge in [0, 0.05) is 30.1 Å². The number of carbonyl (C=O) groups excluding carboxylic acids is 3. The van der Waals surface area contributed by atoms with Crippen LogP contribution in [0.2, 0.25) is 0 Å². The Kier molecular flexibility index (Phi) is 5.79. The van der Waals surface area contributed by atoms with Gasteiger partial charge < -0.3 is 15.6 Å². The lowest BCUT2D eigenvalue weighted by atomic mass is 10.1. The summed E-state index contributed by atoms with van der Waals surface area (Å²) >= 11 is 0. The van der Waals surface area contributed by atoms with Gasteiger partial charge in [0.25, 0.3) is 5.91 Å². The Hall–Kier alpha value is -3.61. The van der Waals surface area contributed by atoms with Crippen LogP contribution in [0, 0.1) is 0 Å². The molecule has 1 saturated heterocycles. The highest BCUT2D eigenvalue weighted by Gasteiger charge is 2.37. The molecule has 1 fully saturated rings. The molecule has 1 atom stereocenters. The van der Waals surface area contributed by atoms with Gasteiger partial charge in [-0.25, -0.2) is 4.79 Å². The fraction of sp³-hybridized carbons (Fsp3) is 0.261. The van der Waals surface area contributed by atoms with E-state index in [1.165, 1.54) is 4.90 Å². The molecule has 1 aliphatic rings. The van der Waals surface area contributed by atoms with Crippen LogP contribution in [0.15, 0.2) is 60.8 Å². The third-order valence-corrected chi connectivity index (χ3v) is 5.34. The minimum absolute atomic E-state index is 0.126. The molecule has 0 spiro atoms. The van der Waals surface area contributed by atoms with E-state index in [1.807, 2.05) is 54.7 Å². The number of nitrogens with zero attached hydrogens (tertiary/aromatic N) is 1. The SMILES string of the molecule is O=C(CCC1NC(=O)N(Cc2ccccc2)C1=O)NCCc1c[nH]c2ccccc12. The van der Waals surface area contributed by atoms with E-state index in [9.17, 15) is 14.4 Å². The van der Waals surface area contributed by atoms with Crippen LogP contribution in [-0.2, 0) is 22.6 Å². The molecule has 1 aromatic heterocycles. The van der Waals surface area contributed by atoms with Gasteiger partial charge in [-0.15, -0.1) is 0 Å². The van der Waals surface area contributed by atoms with Crippen molar-refractivity contribution >= 4 is 28.7 Å². The molecule has 30 heavy (non-hydrogen) atoms. The van der Waals surface area contributed by atoms with Crippen LogP contribution in [0.1, 0.15) is 24.0 Å². The second-order valence-corrected chi connectivity index (χ2v) is 7.41. The molecule has 0 saturated carbocycles. The first-order valence-electron chi connectivity index (χ1n) is 10.1. The number of para-hydroxylation sites is 1. The first-order valence-corrected chi connectivity index (χ1v) is 10.1. The van der Waals surface area contributed by atoms with Gasteiger partial charge >= 0.3 is 6.03 Å². The van der Waals surface area contributed by atoms with E-state index in [1.54, 1.807) is 0 Å². The molecule has 1 unspecified atom stereocenters. The fourth-order valence-corrected chi connectivity index (χ4v) is 3.73. The number of aromatic nitrogens is 1. The summed E-state index contributed by atoms with van der Waals surface area (Å²) in [6.07, 6.45) is 3.16. The second kappa shape index (κ2) is 8.82. The smallest absolute Gasteiger partial charge is 0.325 e. The maximum absolute atomic E-state index is 12.5. The number of H-pyrrole nitrogens is 1. The predicted octanol–water partition coefficient (Wildman–Crippen LogP) is 2.73. The van der Waals surface area contributed by atoms with Crippen LogP contribution in [0.5, 0.6) is 0 Å². The zero-order valence-corrected chi connectivity index (χ0v) is 16.6. The number of hydrogen-bond donors (Lipinski definition) is 3. The summed E-state index contributed by atoms with van der Waals surface area (Å²) in [5, 5.41) is 6.73. The number of fused-ring (bicyclic) bond motifs is 1. The van der Waals surface area contributed by atoms with Gasteiger partial charge in [-0.2, -0.15) is 0 Å². The number of carbonyl (C=O) groups is 3. The van der Waals surface area contributed by atoms with Crippen molar-refractivity contribution in [3.8, 4) is 0 Å². The van der Waals surface area contributed by atoms with Crippen molar-refractivity contribution in [1.29, 1.82) is 0 Å². The Bertz CT molecular complexity index is 1060. The fourth-order valence-electron chi connectivity index (χ4n) is 3.73. The van der Waals surface area contributed by atoms with E-state index in [-0.39, 0.29) is 31.2 Å². The zero-order chi connectivity index (χ0) is 20.9. The summed E-state index contributed by atoms with van der Waals surface area (Å²) in [5.74, 6) is -0.408. The van der Waals surface area contributed by atoms with Crippen molar-refractivity contribution in [3.05, 3.63) is 71.9 Å². The molecular weight excluding hydrogens is 380 g/mol. The molecule has 0 aliphatic carbocycles. The monoisotopic (exact) mass is 404 g/mol. The van der Waals surface area contributed by atoms with Crippen molar-refractivity contribution in [1.82, 2.24) is 20.5 Å². The van der Waals surface area contributed by atoms with Crippen molar-refractivity contribution < 1.29 is 14.4 Å². The highest BCUT2D eigenvalue weighted by atomic mass is 16.2. The van der Waals surface area contributed by atoms with Crippen molar-refractivity contribution in [2.45, 2.75) is 31.8 Å². The molecule has 0 radical (unpaired) electrons. The van der Waals surface area contributed by atoms with Crippen LogP contribution >= 0.6 is 0 Å². The van der Waals surface area contributed by atoms with E-state index < -0.39 is 12.1 Å². The first-order chi connectivity index (χ1) is 14.6. The molecule has 7 heteroatoms.